The molecule has 11 heteroatoms. The Hall–Kier alpha value is -3.86. The largest absolute Gasteiger partial charge is 0.494 e. The van der Waals surface area contributed by atoms with Crippen LogP contribution in [0.4, 0.5) is 10.6 Å². The number of nitrogens with one attached hydrogen (secondary N) is 3. The van der Waals surface area contributed by atoms with Crippen LogP contribution in [0.15, 0.2) is 42.6 Å². The molecule has 0 spiro atoms. The fourth-order valence-corrected chi connectivity index (χ4v) is 4.30. The second-order valence-corrected chi connectivity index (χ2v) is 9.79. The van der Waals surface area contributed by atoms with Crippen LogP contribution < -0.4 is 26.4 Å². The van der Waals surface area contributed by atoms with Crippen molar-refractivity contribution in [2.75, 3.05) is 25.6 Å². The lowest BCUT2D eigenvalue weighted by Gasteiger charge is -2.25. The van der Waals surface area contributed by atoms with Crippen molar-refractivity contribution in [3.63, 3.8) is 0 Å². The van der Waals surface area contributed by atoms with Crippen molar-refractivity contribution in [3.05, 3.63) is 53.7 Å². The number of aliphatic carboxylic acids is 1. The molecule has 2 aromatic rings. The number of nitrogens with zero attached hydrogens (tertiary/aromatic N) is 1. The number of benzene rings is 1. The highest BCUT2D eigenvalue weighted by molar-refractivity contribution is 5.89. The van der Waals surface area contributed by atoms with Gasteiger partial charge in [0, 0.05) is 25.6 Å². The Kier molecular flexibility index (Phi) is 9.36. The van der Waals surface area contributed by atoms with Crippen LogP contribution in [0, 0.1) is 5.92 Å². The van der Waals surface area contributed by atoms with Gasteiger partial charge in [0.15, 0.2) is 0 Å². The zero-order valence-electron chi connectivity index (χ0n) is 21.2. The Morgan fingerprint density at radius 3 is 2.58 bits per heavy atom. The fraction of sp³-hybridized carbons (Fsp3) is 0.481. The molecule has 5 rings (SSSR count). The maximum atomic E-state index is 13.4. The molecule has 3 amide bonds. The monoisotopic (exact) mass is 525 g/mol. The topological polar surface area (TPSA) is 165 Å². The van der Waals surface area contributed by atoms with Gasteiger partial charge in [-0.05, 0) is 60.9 Å². The number of carboxylic acids is 1. The first kappa shape index (κ1) is 27.2. The minimum atomic E-state index is -1.22. The van der Waals surface area contributed by atoms with Gasteiger partial charge in [0.2, 0.25) is 5.91 Å². The zero-order valence-corrected chi connectivity index (χ0v) is 21.2. The van der Waals surface area contributed by atoms with Crippen LogP contribution in [-0.4, -0.2) is 65.9 Å². The third-order valence-electron chi connectivity index (χ3n) is 6.64. The van der Waals surface area contributed by atoms with E-state index < -0.39 is 24.1 Å². The number of pyridine rings is 1. The Labute approximate surface area is 221 Å². The number of carbonyl (C=O) groups is 3. The Morgan fingerprint density at radius 2 is 1.89 bits per heavy atom. The average Bonchev–Trinajstić information content (AvgIpc) is 3.73. The minimum absolute atomic E-state index is 0.00938. The maximum Gasteiger partial charge on any atom is 0.326 e. The number of rotatable bonds is 6. The van der Waals surface area contributed by atoms with Crippen LogP contribution in [0.3, 0.4) is 0 Å². The second-order valence-electron chi connectivity index (χ2n) is 9.79. The van der Waals surface area contributed by atoms with Gasteiger partial charge in [-0.1, -0.05) is 18.2 Å². The number of anilines is 1. The summed E-state index contributed by atoms with van der Waals surface area (Å²) in [5.41, 5.74) is 7.02. The number of hydrogen-bond acceptors (Lipinski definition) is 7. The molecule has 3 heterocycles. The summed E-state index contributed by atoms with van der Waals surface area (Å²) in [5, 5.41) is 17.9. The van der Waals surface area contributed by atoms with Crippen LogP contribution in [0.25, 0.3) is 0 Å². The van der Waals surface area contributed by atoms with Gasteiger partial charge in [-0.3, -0.25) is 4.79 Å². The van der Waals surface area contributed by atoms with E-state index in [0.717, 1.165) is 37.0 Å². The predicted octanol–water partition coefficient (Wildman–Crippen LogP) is 1.65. The molecule has 2 bridgehead atoms. The molecule has 38 heavy (non-hydrogen) atoms. The first-order valence-electron chi connectivity index (χ1n) is 13.0. The summed E-state index contributed by atoms with van der Waals surface area (Å²) in [6.07, 6.45) is 5.45. The van der Waals surface area contributed by atoms with E-state index in [1.165, 1.54) is 6.20 Å². The highest BCUT2D eigenvalue weighted by Gasteiger charge is 2.34. The number of amides is 3. The van der Waals surface area contributed by atoms with E-state index in [9.17, 15) is 19.5 Å². The first-order valence-corrected chi connectivity index (χ1v) is 13.0. The number of ether oxygens (including phenoxy) is 2. The summed E-state index contributed by atoms with van der Waals surface area (Å²) >= 11 is 0. The summed E-state index contributed by atoms with van der Waals surface area (Å²) in [7, 11) is 0. The highest BCUT2D eigenvalue weighted by atomic mass is 16.5. The summed E-state index contributed by atoms with van der Waals surface area (Å²) in [6, 6.07) is 7.55. The number of aromatic nitrogens is 1. The molecule has 6 N–H and O–H groups in total. The smallest absolute Gasteiger partial charge is 0.326 e. The van der Waals surface area contributed by atoms with Gasteiger partial charge < -0.3 is 36.3 Å². The molecule has 0 unspecified atom stereocenters. The molecule has 3 aliphatic rings. The van der Waals surface area contributed by atoms with E-state index in [1.54, 1.807) is 12.1 Å². The number of nitrogens with two attached hydrogens (primary N) is 1. The fourth-order valence-electron chi connectivity index (χ4n) is 4.30. The Bertz CT molecular complexity index is 1090. The lowest BCUT2D eigenvalue weighted by molar-refractivity contribution is -0.139. The molecule has 0 saturated heterocycles. The molecular formula is C27H35N5O6. The van der Waals surface area contributed by atoms with E-state index in [4.69, 9.17) is 15.2 Å². The molecular weight excluding hydrogens is 490 g/mol. The number of hydrogen-bond donors (Lipinski definition) is 5. The van der Waals surface area contributed by atoms with Gasteiger partial charge in [-0.2, -0.15) is 0 Å². The Morgan fingerprint density at radius 1 is 1.13 bits per heavy atom. The van der Waals surface area contributed by atoms with E-state index in [1.807, 2.05) is 24.3 Å². The number of carboxylic acid groups (broad SMARTS) is 1. The molecule has 1 fully saturated rings. The van der Waals surface area contributed by atoms with Crippen molar-refractivity contribution in [2.24, 2.45) is 5.92 Å². The average molecular weight is 526 g/mol. The molecule has 1 aromatic heterocycles. The van der Waals surface area contributed by atoms with Crippen LogP contribution in [0.1, 0.15) is 36.8 Å². The van der Waals surface area contributed by atoms with Crippen molar-refractivity contribution in [2.45, 2.75) is 56.7 Å². The molecule has 2 aliphatic heterocycles. The second kappa shape index (κ2) is 13.1. The lowest BCUT2D eigenvalue weighted by Crippen LogP contribution is -2.56. The van der Waals surface area contributed by atoms with E-state index >= 15 is 0 Å². The third-order valence-corrected chi connectivity index (χ3v) is 6.64. The van der Waals surface area contributed by atoms with Crippen LogP contribution in [0.5, 0.6) is 5.75 Å². The van der Waals surface area contributed by atoms with Crippen molar-refractivity contribution >= 4 is 23.7 Å². The van der Waals surface area contributed by atoms with Gasteiger partial charge in [0.1, 0.15) is 23.7 Å². The van der Waals surface area contributed by atoms with Crippen LogP contribution in [0.2, 0.25) is 0 Å². The minimum Gasteiger partial charge on any atom is -0.494 e. The summed E-state index contributed by atoms with van der Waals surface area (Å²) < 4.78 is 11.6. The van der Waals surface area contributed by atoms with Crippen LogP contribution >= 0.6 is 0 Å². The van der Waals surface area contributed by atoms with Gasteiger partial charge in [-0.25, -0.2) is 14.6 Å². The lowest BCUT2D eigenvalue weighted by atomic mass is 10.0. The molecule has 3 atom stereocenters. The quantitative estimate of drug-likeness (QED) is 0.380. The normalized spacial score (nSPS) is 21.5. The van der Waals surface area contributed by atoms with Crippen molar-refractivity contribution in [1.82, 2.24) is 20.9 Å². The first-order chi connectivity index (χ1) is 18.4. The Balaban J connectivity index is 1.46. The number of fused-ring (bicyclic) bond motifs is 13. The van der Waals surface area contributed by atoms with Gasteiger partial charge in [0.05, 0.1) is 19.3 Å². The van der Waals surface area contributed by atoms with Crippen molar-refractivity contribution < 1.29 is 29.0 Å². The molecule has 1 aromatic carbocycles. The van der Waals surface area contributed by atoms with E-state index in [-0.39, 0.29) is 24.8 Å². The van der Waals surface area contributed by atoms with Gasteiger partial charge in [-0.15, -0.1) is 0 Å². The summed E-state index contributed by atoms with van der Waals surface area (Å²) in [4.78, 5) is 42.1. The van der Waals surface area contributed by atoms with Crippen molar-refractivity contribution in [1.29, 1.82) is 0 Å². The standard InChI is InChI=1S/C27H35N5O6/c28-24-10-5-18(15-29-24)14-22(26(34)35)32-27(36)31-21-13-17-3-8-20(9-4-17)38-12-2-1-11-37-16-23(19-6-7-19)30-25(21)33/h3-5,8-10,15,19,21-23H,1-2,6-7,11-14,16H2,(H2,28,29)(H,30,33)(H,34,35)(H2,31,32,36)/t21-,22+,23-/m1/s1. The molecule has 1 saturated carbocycles. The number of urea groups is 1. The zero-order chi connectivity index (χ0) is 26.9. The number of carbonyl (C=O) groups excluding carboxylic acids is 2. The highest BCUT2D eigenvalue weighted by Crippen LogP contribution is 2.33. The van der Waals surface area contributed by atoms with Crippen molar-refractivity contribution in [3.8, 4) is 5.75 Å². The van der Waals surface area contributed by atoms with E-state index in [0.29, 0.717) is 37.1 Å². The van der Waals surface area contributed by atoms with Gasteiger partial charge in [0.25, 0.3) is 0 Å². The maximum absolute atomic E-state index is 13.4. The summed E-state index contributed by atoms with van der Waals surface area (Å²) in [6.45, 7) is 1.57. The van der Waals surface area contributed by atoms with Crippen LogP contribution in [-0.2, 0) is 27.2 Å². The molecule has 204 valence electrons. The number of nitrogen functional groups attached to an aromatic ring is 1. The summed E-state index contributed by atoms with van der Waals surface area (Å²) in [5.74, 6) is -0.168. The van der Waals surface area contributed by atoms with Gasteiger partial charge >= 0.3 is 12.0 Å². The van der Waals surface area contributed by atoms with E-state index in [2.05, 4.69) is 20.9 Å². The predicted molar refractivity (Wildman–Crippen MR) is 140 cm³/mol. The third kappa shape index (κ3) is 8.34. The molecule has 11 nitrogen and oxygen atoms in total. The molecule has 1 aliphatic carbocycles. The SMILES string of the molecule is Nc1ccc(C[C@H](NC(=O)N[C@@H]2Cc3ccc(cc3)OCCCCOC[C@H](C3CC3)NC2=O)C(=O)O)cn1. The molecule has 0 radical (unpaired) electrons.